The molecule has 2 aliphatic rings. The SMILES string of the molecule is Cl.OC12CCCCC1[C@H](c1ccc(Br)cc1)NCC2. The summed E-state index contributed by atoms with van der Waals surface area (Å²) in [5.41, 5.74) is 0.879. The number of hydrogen-bond donors (Lipinski definition) is 2. The molecule has 1 saturated heterocycles. The summed E-state index contributed by atoms with van der Waals surface area (Å²) in [5, 5.41) is 14.4. The molecule has 0 aromatic heterocycles. The molecule has 106 valence electrons. The normalized spacial score (nSPS) is 34.2. The van der Waals surface area contributed by atoms with E-state index < -0.39 is 5.60 Å². The second-order valence-electron chi connectivity index (χ2n) is 5.69. The lowest BCUT2D eigenvalue weighted by Crippen LogP contribution is -2.53. The van der Waals surface area contributed by atoms with Crippen molar-refractivity contribution < 1.29 is 5.11 Å². The van der Waals surface area contributed by atoms with Gasteiger partial charge in [-0.2, -0.15) is 0 Å². The van der Waals surface area contributed by atoms with Gasteiger partial charge in [0.05, 0.1) is 5.60 Å². The van der Waals surface area contributed by atoms with E-state index in [9.17, 15) is 5.11 Å². The van der Waals surface area contributed by atoms with Crippen molar-refractivity contribution in [1.82, 2.24) is 5.32 Å². The maximum Gasteiger partial charge on any atom is 0.0706 e. The molecular formula is C15H21BrClNO. The van der Waals surface area contributed by atoms with Crippen molar-refractivity contribution in [3.8, 4) is 0 Å². The van der Waals surface area contributed by atoms with Crippen molar-refractivity contribution in [3.05, 3.63) is 34.3 Å². The lowest BCUT2D eigenvalue weighted by atomic mass is 9.67. The molecule has 19 heavy (non-hydrogen) atoms. The first kappa shape index (κ1) is 15.3. The Balaban J connectivity index is 0.00000133. The molecule has 2 unspecified atom stereocenters. The van der Waals surface area contributed by atoms with Crippen molar-refractivity contribution in [2.75, 3.05) is 6.54 Å². The second kappa shape index (κ2) is 6.13. The predicted molar refractivity (Wildman–Crippen MR) is 83.7 cm³/mol. The molecule has 0 radical (unpaired) electrons. The summed E-state index contributed by atoms with van der Waals surface area (Å²) in [4.78, 5) is 0. The molecule has 0 bridgehead atoms. The van der Waals surface area contributed by atoms with Crippen molar-refractivity contribution in [1.29, 1.82) is 0 Å². The van der Waals surface area contributed by atoms with E-state index in [2.05, 4.69) is 45.5 Å². The molecule has 1 heterocycles. The van der Waals surface area contributed by atoms with Gasteiger partial charge >= 0.3 is 0 Å². The van der Waals surface area contributed by atoms with E-state index in [-0.39, 0.29) is 12.4 Å². The maximum absolute atomic E-state index is 10.8. The van der Waals surface area contributed by atoms with Crippen LogP contribution in [0.2, 0.25) is 0 Å². The molecule has 1 aliphatic heterocycles. The quantitative estimate of drug-likeness (QED) is 0.810. The van der Waals surface area contributed by atoms with Crippen LogP contribution >= 0.6 is 28.3 Å². The van der Waals surface area contributed by atoms with Crippen LogP contribution in [0.3, 0.4) is 0 Å². The second-order valence-corrected chi connectivity index (χ2v) is 6.60. The van der Waals surface area contributed by atoms with E-state index in [0.29, 0.717) is 12.0 Å². The van der Waals surface area contributed by atoms with Crippen LogP contribution in [0.1, 0.15) is 43.7 Å². The smallest absolute Gasteiger partial charge is 0.0706 e. The molecule has 1 aliphatic carbocycles. The molecular weight excluding hydrogens is 326 g/mol. The van der Waals surface area contributed by atoms with Crippen molar-refractivity contribution >= 4 is 28.3 Å². The number of piperidine rings is 1. The molecule has 3 atom stereocenters. The van der Waals surface area contributed by atoms with Crippen LogP contribution in [0.25, 0.3) is 0 Å². The molecule has 0 spiro atoms. The molecule has 4 heteroatoms. The molecule has 2 fully saturated rings. The largest absolute Gasteiger partial charge is 0.389 e. The van der Waals surface area contributed by atoms with Gasteiger partial charge in [-0.25, -0.2) is 0 Å². The first-order valence-electron chi connectivity index (χ1n) is 6.90. The Morgan fingerprint density at radius 1 is 1.16 bits per heavy atom. The first-order chi connectivity index (χ1) is 8.69. The molecule has 0 amide bonds. The number of rotatable bonds is 1. The van der Waals surface area contributed by atoms with E-state index in [1.807, 2.05) is 0 Å². The number of halogens is 2. The first-order valence-corrected chi connectivity index (χ1v) is 7.70. The summed E-state index contributed by atoms with van der Waals surface area (Å²) in [5.74, 6) is 0.376. The predicted octanol–water partition coefficient (Wildman–Crippen LogP) is 3.83. The Morgan fingerprint density at radius 2 is 1.89 bits per heavy atom. The maximum atomic E-state index is 10.8. The van der Waals surface area contributed by atoms with Gasteiger partial charge in [0, 0.05) is 16.4 Å². The lowest BCUT2D eigenvalue weighted by molar-refractivity contribution is -0.0861. The standard InChI is InChI=1S/C15H20BrNO.ClH/c16-12-6-4-11(5-7-12)14-13-3-1-2-8-15(13,18)9-10-17-14;/h4-7,13-14,17-18H,1-3,8-10H2;1H/t13?,14-,15?;/m0./s1. The number of aliphatic hydroxyl groups is 1. The van der Waals surface area contributed by atoms with Gasteiger partial charge in [-0.3, -0.25) is 0 Å². The summed E-state index contributed by atoms with van der Waals surface area (Å²) in [6.45, 7) is 0.924. The van der Waals surface area contributed by atoms with Crippen molar-refractivity contribution in [3.63, 3.8) is 0 Å². The van der Waals surface area contributed by atoms with Crippen molar-refractivity contribution in [2.45, 2.75) is 43.7 Å². The summed E-state index contributed by atoms with van der Waals surface area (Å²) >= 11 is 3.48. The lowest BCUT2D eigenvalue weighted by Gasteiger charge is -2.48. The topological polar surface area (TPSA) is 32.3 Å². The van der Waals surface area contributed by atoms with Gasteiger partial charge in [0.15, 0.2) is 0 Å². The van der Waals surface area contributed by atoms with Crippen LogP contribution in [-0.2, 0) is 0 Å². The minimum atomic E-state index is -0.429. The third-order valence-corrected chi connectivity index (χ3v) is 5.15. The zero-order valence-corrected chi connectivity index (χ0v) is 13.3. The third-order valence-electron chi connectivity index (χ3n) is 4.62. The molecule has 2 N–H and O–H groups in total. The zero-order valence-electron chi connectivity index (χ0n) is 10.9. The molecule has 3 rings (SSSR count). The van der Waals surface area contributed by atoms with Gasteiger partial charge in [0.25, 0.3) is 0 Å². The Morgan fingerprint density at radius 3 is 2.63 bits per heavy atom. The highest BCUT2D eigenvalue weighted by atomic mass is 79.9. The van der Waals surface area contributed by atoms with Crippen LogP contribution in [0, 0.1) is 5.92 Å². The average Bonchev–Trinajstić information content (AvgIpc) is 2.38. The Kier molecular flexibility index (Phi) is 4.93. The van der Waals surface area contributed by atoms with Gasteiger partial charge in [0.2, 0.25) is 0 Å². The molecule has 1 saturated carbocycles. The highest BCUT2D eigenvalue weighted by Crippen LogP contribution is 2.45. The van der Waals surface area contributed by atoms with E-state index in [1.54, 1.807) is 0 Å². The Bertz CT molecular complexity index is 421. The van der Waals surface area contributed by atoms with E-state index in [1.165, 1.54) is 18.4 Å². The van der Waals surface area contributed by atoms with Crippen LogP contribution in [-0.4, -0.2) is 17.3 Å². The third kappa shape index (κ3) is 2.99. The van der Waals surface area contributed by atoms with Crippen LogP contribution in [0.5, 0.6) is 0 Å². The number of hydrogen-bond acceptors (Lipinski definition) is 2. The molecule has 1 aromatic carbocycles. The zero-order chi connectivity index (χ0) is 12.6. The van der Waals surface area contributed by atoms with Gasteiger partial charge in [-0.05, 0) is 43.5 Å². The molecule has 1 aromatic rings. The fourth-order valence-electron chi connectivity index (χ4n) is 3.64. The number of fused-ring (bicyclic) bond motifs is 1. The fraction of sp³-hybridized carbons (Fsp3) is 0.600. The van der Waals surface area contributed by atoms with E-state index in [4.69, 9.17) is 0 Å². The average molecular weight is 347 g/mol. The van der Waals surface area contributed by atoms with Gasteiger partial charge < -0.3 is 10.4 Å². The number of benzene rings is 1. The van der Waals surface area contributed by atoms with Crippen LogP contribution < -0.4 is 5.32 Å². The summed E-state index contributed by atoms with van der Waals surface area (Å²) in [7, 11) is 0. The van der Waals surface area contributed by atoms with Gasteiger partial charge in [-0.15, -0.1) is 12.4 Å². The van der Waals surface area contributed by atoms with E-state index in [0.717, 1.165) is 30.3 Å². The van der Waals surface area contributed by atoms with Gasteiger partial charge in [0.1, 0.15) is 0 Å². The summed E-state index contributed by atoms with van der Waals surface area (Å²) in [6, 6.07) is 8.84. The van der Waals surface area contributed by atoms with E-state index >= 15 is 0 Å². The molecule has 2 nitrogen and oxygen atoms in total. The highest BCUT2D eigenvalue weighted by molar-refractivity contribution is 9.10. The van der Waals surface area contributed by atoms with Crippen molar-refractivity contribution in [2.24, 2.45) is 5.92 Å². The minimum Gasteiger partial charge on any atom is -0.389 e. The summed E-state index contributed by atoms with van der Waals surface area (Å²) < 4.78 is 1.11. The summed E-state index contributed by atoms with van der Waals surface area (Å²) in [6.07, 6.45) is 5.46. The Hall–Kier alpha value is -0.0900. The van der Waals surface area contributed by atoms with Crippen LogP contribution in [0.15, 0.2) is 28.7 Å². The number of nitrogens with one attached hydrogen (secondary N) is 1. The fourth-order valence-corrected chi connectivity index (χ4v) is 3.91. The monoisotopic (exact) mass is 345 g/mol. The Labute approximate surface area is 129 Å². The van der Waals surface area contributed by atoms with Crippen LogP contribution in [0.4, 0.5) is 0 Å². The minimum absolute atomic E-state index is 0. The highest BCUT2D eigenvalue weighted by Gasteiger charge is 2.45. The van der Waals surface area contributed by atoms with Gasteiger partial charge in [-0.1, -0.05) is 40.9 Å².